The average Bonchev–Trinajstić information content (AvgIpc) is 3.41. The van der Waals surface area contributed by atoms with Gasteiger partial charge in [0.1, 0.15) is 0 Å². The molecule has 0 spiro atoms. The van der Waals surface area contributed by atoms with E-state index in [-0.39, 0.29) is 5.41 Å². The molecule has 6 aromatic rings. The summed E-state index contributed by atoms with van der Waals surface area (Å²) in [6.45, 7) is 6.99. The highest BCUT2D eigenvalue weighted by Gasteiger charge is 2.39. The van der Waals surface area contributed by atoms with Gasteiger partial charge in [0.05, 0.1) is 0 Å². The molecule has 0 saturated heterocycles. The number of nitrogens with zero attached hydrogens (tertiary/aromatic N) is 1. The molecule has 63 heavy (non-hydrogen) atoms. The molecule has 0 amide bonds. The van der Waals surface area contributed by atoms with Crippen molar-refractivity contribution >= 4 is 11.4 Å². The number of allylic oxidation sites excluding steroid dienone is 15. The van der Waals surface area contributed by atoms with E-state index in [4.69, 9.17) is 0 Å². The van der Waals surface area contributed by atoms with Crippen molar-refractivity contribution in [2.24, 2.45) is 5.92 Å². The van der Waals surface area contributed by atoms with Gasteiger partial charge in [0.25, 0.3) is 0 Å². The van der Waals surface area contributed by atoms with Gasteiger partial charge in [0.2, 0.25) is 0 Å². The van der Waals surface area contributed by atoms with Gasteiger partial charge in [0.15, 0.2) is 0 Å². The molecule has 0 saturated carbocycles. The molecule has 0 aliphatic heterocycles. The second-order valence-corrected chi connectivity index (χ2v) is 18.0. The van der Waals surface area contributed by atoms with Gasteiger partial charge in [0, 0.05) is 27.9 Å². The molecule has 6 aromatic carbocycles. The SMILES string of the molecule is CC1C=CC=C/C1=C/C=C1/C=C(N(c2ccc(-c3cccc4c3-c3ccccc3C4(C)C)cc2)c2ccc3c(c2)C(c2ccccc2)(c2ccccc2)C/C=C\C=C/C3)C=CCC1. The van der Waals surface area contributed by atoms with Gasteiger partial charge in [-0.25, -0.2) is 0 Å². The number of benzene rings is 6. The number of hydrogen-bond donors (Lipinski definition) is 0. The van der Waals surface area contributed by atoms with Crippen LogP contribution in [0, 0.1) is 5.92 Å². The number of hydrogen-bond acceptors (Lipinski definition) is 1. The Balaban J connectivity index is 1.16. The van der Waals surface area contributed by atoms with Crippen LogP contribution in [0.25, 0.3) is 22.3 Å². The smallest absolute Gasteiger partial charge is 0.0489 e. The largest absolute Gasteiger partial charge is 0.310 e. The van der Waals surface area contributed by atoms with Crippen molar-refractivity contribution in [2.75, 3.05) is 4.90 Å². The minimum absolute atomic E-state index is 0.0518. The van der Waals surface area contributed by atoms with Crippen molar-refractivity contribution in [1.29, 1.82) is 0 Å². The lowest BCUT2D eigenvalue weighted by atomic mass is 9.65. The maximum Gasteiger partial charge on any atom is 0.0489 e. The molecule has 0 radical (unpaired) electrons. The number of anilines is 2. The van der Waals surface area contributed by atoms with Crippen molar-refractivity contribution in [3.8, 4) is 22.3 Å². The monoisotopic (exact) mass is 813 g/mol. The Morgan fingerprint density at radius 2 is 1.29 bits per heavy atom. The summed E-state index contributed by atoms with van der Waals surface area (Å²) < 4.78 is 0. The molecule has 0 aromatic heterocycles. The predicted molar refractivity (Wildman–Crippen MR) is 267 cm³/mol. The third kappa shape index (κ3) is 7.46. The first-order chi connectivity index (χ1) is 30.9. The zero-order valence-electron chi connectivity index (χ0n) is 36.7. The number of rotatable bonds is 7. The molecule has 1 nitrogen and oxygen atoms in total. The molecule has 0 heterocycles. The van der Waals surface area contributed by atoms with Crippen LogP contribution in [0.3, 0.4) is 0 Å². The van der Waals surface area contributed by atoms with Crippen LogP contribution in [0.15, 0.2) is 241 Å². The highest BCUT2D eigenvalue weighted by Crippen LogP contribution is 2.52. The summed E-state index contributed by atoms with van der Waals surface area (Å²) in [4.78, 5) is 2.49. The Morgan fingerprint density at radius 3 is 2.06 bits per heavy atom. The maximum atomic E-state index is 2.51. The molecule has 4 aliphatic rings. The molecule has 1 unspecified atom stereocenters. The minimum Gasteiger partial charge on any atom is -0.310 e. The Labute approximate surface area is 374 Å². The fourth-order valence-corrected chi connectivity index (χ4v) is 10.5. The third-order valence-corrected chi connectivity index (χ3v) is 13.8. The van der Waals surface area contributed by atoms with E-state index >= 15 is 0 Å². The molecular weight excluding hydrogens is 759 g/mol. The first kappa shape index (κ1) is 40.1. The van der Waals surface area contributed by atoms with Crippen LogP contribution >= 0.6 is 0 Å². The van der Waals surface area contributed by atoms with E-state index < -0.39 is 5.41 Å². The van der Waals surface area contributed by atoms with E-state index in [2.05, 4.69) is 250 Å². The molecule has 1 atom stereocenters. The van der Waals surface area contributed by atoms with Crippen LogP contribution < -0.4 is 4.90 Å². The van der Waals surface area contributed by atoms with Gasteiger partial charge in [-0.2, -0.15) is 0 Å². The van der Waals surface area contributed by atoms with E-state index in [9.17, 15) is 0 Å². The molecule has 0 fully saturated rings. The normalized spacial score (nSPS) is 20.4. The Kier molecular flexibility index (Phi) is 10.9. The van der Waals surface area contributed by atoms with Gasteiger partial charge in [-0.3, -0.25) is 0 Å². The predicted octanol–water partition coefficient (Wildman–Crippen LogP) is 16.0. The molecule has 308 valence electrons. The highest BCUT2D eigenvalue weighted by atomic mass is 15.1. The van der Waals surface area contributed by atoms with Crippen LogP contribution in [-0.4, -0.2) is 0 Å². The molecular formula is C62H55N. The summed E-state index contributed by atoms with van der Waals surface area (Å²) in [6.07, 6.45) is 33.3. The minimum atomic E-state index is -0.409. The first-order valence-corrected chi connectivity index (χ1v) is 22.8. The van der Waals surface area contributed by atoms with Crippen molar-refractivity contribution < 1.29 is 0 Å². The lowest BCUT2D eigenvalue weighted by Crippen LogP contribution is -2.30. The van der Waals surface area contributed by atoms with Gasteiger partial charge in [-0.1, -0.05) is 209 Å². The van der Waals surface area contributed by atoms with E-state index in [1.54, 1.807) is 0 Å². The molecule has 10 rings (SSSR count). The molecule has 1 heteroatoms. The molecule has 4 aliphatic carbocycles. The van der Waals surface area contributed by atoms with Gasteiger partial charge >= 0.3 is 0 Å². The second kappa shape index (κ2) is 17.1. The summed E-state index contributed by atoms with van der Waals surface area (Å²) >= 11 is 0. The highest BCUT2D eigenvalue weighted by molar-refractivity contribution is 5.93. The Bertz CT molecular complexity index is 2870. The first-order valence-electron chi connectivity index (χ1n) is 22.8. The standard InChI is InChI=1S/C62H55N/c1-45-21-13-15-23-47(45)35-34-46-22-14-16-29-53(43-46)63(52-39-36-48(37-40-52)55-31-20-33-58-60(55)56-30-17-18-32-57(56)61(58,2)3)54-41-38-49-24-8-4-5-19-42-62(59(49)44-54,50-25-9-6-10-26-50)51-27-11-7-12-28-51/h4-13,15-21,23,25-41,43-45H,14,22,24,42H2,1-3H3/b8-4-,19-5-,46-34+,47-35-. The quantitative estimate of drug-likeness (QED) is 0.155. The van der Waals surface area contributed by atoms with Crippen LogP contribution in [0.2, 0.25) is 0 Å². The van der Waals surface area contributed by atoms with E-state index in [1.165, 1.54) is 66.8 Å². The summed E-state index contributed by atoms with van der Waals surface area (Å²) in [6, 6.07) is 54.7. The van der Waals surface area contributed by atoms with Gasteiger partial charge in [-0.15, -0.1) is 0 Å². The van der Waals surface area contributed by atoms with Crippen molar-refractivity contribution in [2.45, 2.75) is 57.3 Å². The number of fused-ring (bicyclic) bond motifs is 4. The van der Waals surface area contributed by atoms with Crippen LogP contribution in [-0.2, 0) is 17.3 Å². The summed E-state index contributed by atoms with van der Waals surface area (Å²) in [5, 5.41) is 0. The van der Waals surface area contributed by atoms with E-state index in [0.717, 1.165) is 42.8 Å². The third-order valence-electron chi connectivity index (χ3n) is 13.8. The Hall–Kier alpha value is -6.96. The van der Waals surface area contributed by atoms with Crippen LogP contribution in [0.4, 0.5) is 11.4 Å². The van der Waals surface area contributed by atoms with Gasteiger partial charge < -0.3 is 4.90 Å². The Morgan fingerprint density at radius 1 is 0.587 bits per heavy atom. The zero-order valence-corrected chi connectivity index (χ0v) is 36.7. The summed E-state index contributed by atoms with van der Waals surface area (Å²) in [7, 11) is 0. The van der Waals surface area contributed by atoms with Crippen molar-refractivity contribution in [3.63, 3.8) is 0 Å². The molecule has 0 N–H and O–H groups in total. The van der Waals surface area contributed by atoms with Crippen molar-refractivity contribution in [1.82, 2.24) is 0 Å². The summed E-state index contributed by atoms with van der Waals surface area (Å²) in [5.41, 5.74) is 18.9. The van der Waals surface area contributed by atoms with Crippen molar-refractivity contribution in [3.05, 3.63) is 275 Å². The van der Waals surface area contributed by atoms with E-state index in [0.29, 0.717) is 5.92 Å². The fourth-order valence-electron chi connectivity index (χ4n) is 10.5. The average molecular weight is 814 g/mol. The summed E-state index contributed by atoms with van der Waals surface area (Å²) in [5.74, 6) is 0.395. The lowest BCUT2D eigenvalue weighted by Gasteiger charge is -2.38. The van der Waals surface area contributed by atoms with E-state index in [1.807, 2.05) is 0 Å². The maximum absolute atomic E-state index is 2.51. The van der Waals surface area contributed by atoms with Crippen LogP contribution in [0.5, 0.6) is 0 Å². The fraction of sp³-hybridized carbons (Fsp3) is 0.161. The second-order valence-electron chi connectivity index (χ2n) is 18.0. The lowest BCUT2D eigenvalue weighted by molar-refractivity contribution is 0.622. The van der Waals surface area contributed by atoms with Crippen LogP contribution in [0.1, 0.15) is 73.4 Å². The molecule has 0 bridgehead atoms. The van der Waals surface area contributed by atoms with Gasteiger partial charge in [-0.05, 0) is 135 Å². The topological polar surface area (TPSA) is 3.24 Å². The zero-order chi connectivity index (χ0) is 42.8.